The third-order valence-corrected chi connectivity index (χ3v) is 3.71. The Balaban J connectivity index is 1.56. The molecule has 0 bridgehead atoms. The summed E-state index contributed by atoms with van der Waals surface area (Å²) in [7, 11) is 0. The highest BCUT2D eigenvalue weighted by molar-refractivity contribution is 6.26. The molecule has 0 radical (unpaired) electrons. The van der Waals surface area contributed by atoms with Crippen molar-refractivity contribution in [1.29, 1.82) is 0 Å². The number of nitrogens with one attached hydrogen (secondary N) is 3. The van der Waals surface area contributed by atoms with Crippen molar-refractivity contribution in [2.45, 2.75) is 0 Å². The molecule has 4 heterocycles. The Morgan fingerprint density at radius 1 is 0.760 bits per heavy atom. The molecule has 0 spiro atoms. The number of aromatic amines is 2. The predicted molar refractivity (Wildman–Crippen MR) is 95.7 cm³/mol. The van der Waals surface area contributed by atoms with Crippen molar-refractivity contribution in [2.75, 3.05) is 0 Å². The maximum atomic E-state index is 11.1. The Bertz CT molecular complexity index is 1110. The first-order chi connectivity index (χ1) is 12.1. The molecule has 2 aromatic rings. The summed E-state index contributed by atoms with van der Waals surface area (Å²) < 4.78 is 0. The van der Waals surface area contributed by atoms with Gasteiger partial charge in [-0.05, 0) is 54.6 Å². The molecular formula is C19H14N4O2. The zero-order valence-electron chi connectivity index (χ0n) is 13.1. The minimum atomic E-state index is -0.231. The van der Waals surface area contributed by atoms with E-state index in [1.807, 2.05) is 42.5 Å². The molecule has 6 heteroatoms. The van der Waals surface area contributed by atoms with Crippen molar-refractivity contribution < 1.29 is 9.59 Å². The Labute approximate surface area is 142 Å². The number of aliphatic imine (C=N–C) groups is 1. The molecule has 2 aliphatic heterocycles. The number of amides is 2. The molecule has 25 heavy (non-hydrogen) atoms. The summed E-state index contributed by atoms with van der Waals surface area (Å²) >= 11 is 0. The zero-order valence-corrected chi connectivity index (χ0v) is 13.1. The van der Waals surface area contributed by atoms with Crippen LogP contribution in [0.2, 0.25) is 0 Å². The molecular weight excluding hydrogens is 316 g/mol. The number of H-pyrrole nitrogens is 2. The molecule has 0 saturated heterocycles. The number of carbonyl (C=O) groups is 2. The molecule has 0 fully saturated rings. The third kappa shape index (κ3) is 3.48. The SMILES string of the molecule is O=C1C=CC(/C=c2/cc/c(=C/c3ccc(C=C4C=CC(=O)N4)[nH]3)[nH]2)=N1. The van der Waals surface area contributed by atoms with Gasteiger partial charge in [-0.3, -0.25) is 9.59 Å². The lowest BCUT2D eigenvalue weighted by molar-refractivity contribution is -0.115. The second kappa shape index (κ2) is 6.09. The van der Waals surface area contributed by atoms with E-state index in [0.717, 1.165) is 27.8 Å². The minimum absolute atomic E-state index is 0.108. The Kier molecular flexibility index (Phi) is 3.63. The van der Waals surface area contributed by atoms with Gasteiger partial charge in [0.2, 0.25) is 5.91 Å². The first kappa shape index (κ1) is 14.9. The fourth-order valence-corrected chi connectivity index (χ4v) is 2.60. The van der Waals surface area contributed by atoms with Crippen LogP contribution in [0.15, 0.2) is 59.3 Å². The highest BCUT2D eigenvalue weighted by atomic mass is 16.2. The van der Waals surface area contributed by atoms with Crippen molar-refractivity contribution >= 4 is 35.8 Å². The van der Waals surface area contributed by atoms with E-state index < -0.39 is 0 Å². The van der Waals surface area contributed by atoms with Gasteiger partial charge in [0.05, 0.1) is 5.71 Å². The van der Waals surface area contributed by atoms with Gasteiger partial charge in [0.15, 0.2) is 0 Å². The summed E-state index contributed by atoms with van der Waals surface area (Å²) in [5, 5.41) is 4.53. The number of nitrogens with zero attached hydrogens (tertiary/aromatic N) is 1. The molecule has 3 N–H and O–H groups in total. The molecule has 0 atom stereocenters. The van der Waals surface area contributed by atoms with E-state index in [-0.39, 0.29) is 11.8 Å². The standard InChI is InChI=1S/C19H14N4O2/c24-18-7-5-16(22-18)10-14-3-1-12(20-14)9-13-2-4-15(21-13)11-17-6-8-19(25)23-17/h1-11,20-21H,(H,22,24)/b13-9-,15-11-,16-10?. The van der Waals surface area contributed by atoms with Crippen molar-refractivity contribution in [1.82, 2.24) is 15.3 Å². The van der Waals surface area contributed by atoms with Crippen LogP contribution in [0.4, 0.5) is 0 Å². The van der Waals surface area contributed by atoms with Gasteiger partial charge in [-0.15, -0.1) is 0 Å². The van der Waals surface area contributed by atoms with Crippen LogP contribution in [-0.2, 0) is 9.59 Å². The number of rotatable bonds is 3. The van der Waals surface area contributed by atoms with Crippen LogP contribution in [0.3, 0.4) is 0 Å². The molecule has 0 unspecified atom stereocenters. The molecule has 4 rings (SSSR count). The minimum Gasteiger partial charge on any atom is -0.355 e. The summed E-state index contributed by atoms with van der Waals surface area (Å²) in [6.45, 7) is 0. The Hall–Kier alpha value is -3.67. The monoisotopic (exact) mass is 330 g/mol. The lowest BCUT2D eigenvalue weighted by atomic mass is 10.3. The summed E-state index contributed by atoms with van der Waals surface area (Å²) in [4.78, 5) is 32.6. The quantitative estimate of drug-likeness (QED) is 0.766. The summed E-state index contributed by atoms with van der Waals surface area (Å²) in [5.74, 6) is -0.339. The van der Waals surface area contributed by atoms with E-state index in [2.05, 4.69) is 20.3 Å². The summed E-state index contributed by atoms with van der Waals surface area (Å²) in [5.41, 5.74) is 3.23. The molecule has 0 aromatic carbocycles. The average molecular weight is 330 g/mol. The molecule has 2 aliphatic rings. The van der Waals surface area contributed by atoms with Crippen molar-refractivity contribution in [3.63, 3.8) is 0 Å². The lowest BCUT2D eigenvalue weighted by Crippen LogP contribution is -2.12. The number of allylic oxidation sites excluding steroid dienone is 2. The number of carbonyl (C=O) groups excluding carboxylic acids is 2. The second-order valence-corrected chi connectivity index (χ2v) is 5.66. The molecule has 122 valence electrons. The van der Waals surface area contributed by atoms with Crippen LogP contribution in [0.25, 0.3) is 18.2 Å². The van der Waals surface area contributed by atoms with Crippen molar-refractivity contribution in [3.8, 4) is 0 Å². The number of hydrogen-bond donors (Lipinski definition) is 3. The van der Waals surface area contributed by atoms with Gasteiger partial charge < -0.3 is 15.3 Å². The second-order valence-electron chi connectivity index (χ2n) is 5.66. The molecule has 0 saturated carbocycles. The highest BCUT2D eigenvalue weighted by Gasteiger charge is 2.06. The average Bonchev–Trinajstić information content (AvgIpc) is 3.33. The molecule has 6 nitrogen and oxygen atoms in total. The summed E-state index contributed by atoms with van der Waals surface area (Å²) in [6, 6.07) is 7.78. The van der Waals surface area contributed by atoms with Gasteiger partial charge in [-0.2, -0.15) is 0 Å². The fraction of sp³-hybridized carbons (Fsp3) is 0. The van der Waals surface area contributed by atoms with Crippen LogP contribution in [-0.4, -0.2) is 27.5 Å². The normalized spacial score (nSPS) is 19.4. The van der Waals surface area contributed by atoms with E-state index in [0.29, 0.717) is 5.71 Å². The molecule has 2 amide bonds. The fourth-order valence-electron chi connectivity index (χ4n) is 2.60. The van der Waals surface area contributed by atoms with Crippen LogP contribution >= 0.6 is 0 Å². The maximum Gasteiger partial charge on any atom is 0.270 e. The first-order valence-corrected chi connectivity index (χ1v) is 7.73. The Morgan fingerprint density at radius 3 is 2.20 bits per heavy atom. The smallest absolute Gasteiger partial charge is 0.270 e. The van der Waals surface area contributed by atoms with Crippen molar-refractivity contribution in [3.05, 3.63) is 76.4 Å². The largest absolute Gasteiger partial charge is 0.355 e. The van der Waals surface area contributed by atoms with Crippen LogP contribution in [0.5, 0.6) is 0 Å². The van der Waals surface area contributed by atoms with Gasteiger partial charge in [-0.25, -0.2) is 4.99 Å². The molecule has 0 aliphatic carbocycles. The van der Waals surface area contributed by atoms with E-state index in [4.69, 9.17) is 0 Å². The lowest BCUT2D eigenvalue weighted by Gasteiger charge is -1.94. The zero-order chi connectivity index (χ0) is 17.2. The van der Waals surface area contributed by atoms with E-state index >= 15 is 0 Å². The number of hydrogen-bond acceptors (Lipinski definition) is 2. The van der Waals surface area contributed by atoms with Gasteiger partial charge in [0.1, 0.15) is 0 Å². The van der Waals surface area contributed by atoms with Gasteiger partial charge in [0.25, 0.3) is 5.91 Å². The maximum absolute atomic E-state index is 11.1. The summed E-state index contributed by atoms with van der Waals surface area (Å²) in [6.07, 6.45) is 12.0. The van der Waals surface area contributed by atoms with E-state index in [1.165, 1.54) is 12.2 Å². The van der Waals surface area contributed by atoms with Crippen LogP contribution in [0.1, 0.15) is 11.4 Å². The van der Waals surface area contributed by atoms with E-state index in [1.54, 1.807) is 12.2 Å². The van der Waals surface area contributed by atoms with Crippen LogP contribution < -0.4 is 16.0 Å². The van der Waals surface area contributed by atoms with E-state index in [9.17, 15) is 9.59 Å². The highest BCUT2D eigenvalue weighted by Crippen LogP contribution is 2.09. The third-order valence-electron chi connectivity index (χ3n) is 3.71. The Morgan fingerprint density at radius 2 is 1.52 bits per heavy atom. The molecule has 2 aromatic heterocycles. The van der Waals surface area contributed by atoms with Crippen molar-refractivity contribution in [2.24, 2.45) is 4.99 Å². The van der Waals surface area contributed by atoms with Gasteiger partial charge >= 0.3 is 0 Å². The topological polar surface area (TPSA) is 90.1 Å². The first-order valence-electron chi connectivity index (χ1n) is 7.73. The number of aromatic nitrogens is 2. The van der Waals surface area contributed by atoms with Gasteiger partial charge in [0, 0.05) is 39.9 Å². The predicted octanol–water partition coefficient (Wildman–Crippen LogP) is 0.516. The van der Waals surface area contributed by atoms with Gasteiger partial charge in [-0.1, -0.05) is 0 Å². The van der Waals surface area contributed by atoms with Crippen LogP contribution in [0, 0.1) is 0 Å².